The summed E-state index contributed by atoms with van der Waals surface area (Å²) in [4.78, 5) is 0. The molecule has 0 aliphatic heterocycles. The van der Waals surface area contributed by atoms with Crippen LogP contribution in [-0.4, -0.2) is 0 Å². The number of rotatable bonds is 2. The predicted octanol–water partition coefficient (Wildman–Crippen LogP) is 5.08. The summed E-state index contributed by atoms with van der Waals surface area (Å²) in [6, 6.07) is 9.96. The molecule has 0 aliphatic rings. The third kappa shape index (κ3) is 2.59. The van der Waals surface area contributed by atoms with E-state index in [1.165, 1.54) is 0 Å². The zero-order chi connectivity index (χ0) is 11.7. The quantitative estimate of drug-likeness (QED) is 0.713. The molecular weight excluding hydrogens is 418 g/mol. The Morgan fingerprint density at radius 1 is 1.06 bits per heavy atom. The molecule has 5 heteroatoms. The highest BCUT2D eigenvalue weighted by Crippen LogP contribution is 2.38. The number of hydrogen-bond donors (Lipinski definition) is 1. The van der Waals surface area contributed by atoms with Crippen LogP contribution in [0.5, 0.6) is 0 Å². The maximum absolute atomic E-state index is 6.26. The molecule has 0 aliphatic carbocycles. The van der Waals surface area contributed by atoms with Crippen molar-refractivity contribution in [1.29, 1.82) is 0 Å². The predicted molar refractivity (Wildman–Crippen MR) is 79.9 cm³/mol. The highest BCUT2D eigenvalue weighted by molar-refractivity contribution is 9.12. The molecule has 0 saturated carbocycles. The second kappa shape index (κ2) is 5.31. The van der Waals surface area contributed by atoms with E-state index in [0.29, 0.717) is 0 Å². The van der Waals surface area contributed by atoms with Crippen molar-refractivity contribution in [3.05, 3.63) is 53.5 Å². The Labute approximate surface area is 123 Å². The number of nitrogens with two attached hydrogens (primary N) is 1. The molecule has 2 aromatic rings. The highest BCUT2D eigenvalue weighted by atomic mass is 79.9. The SMILES string of the molecule is NC(c1ccccc1Br)c1cc(Br)sc1Br. The van der Waals surface area contributed by atoms with Crippen molar-refractivity contribution in [2.45, 2.75) is 6.04 Å². The molecule has 0 amide bonds. The first-order valence-corrected chi connectivity index (χ1v) is 7.74. The van der Waals surface area contributed by atoms with Gasteiger partial charge in [0.25, 0.3) is 0 Å². The summed E-state index contributed by atoms with van der Waals surface area (Å²) < 4.78 is 3.19. The van der Waals surface area contributed by atoms with Crippen molar-refractivity contribution in [2.75, 3.05) is 0 Å². The standard InChI is InChI=1S/C11H8Br3NS/c12-8-4-2-1-3-6(8)10(15)7-5-9(13)16-11(7)14/h1-5,10H,15H2. The van der Waals surface area contributed by atoms with Crippen LogP contribution in [0.4, 0.5) is 0 Å². The van der Waals surface area contributed by atoms with Crippen LogP contribution in [0.3, 0.4) is 0 Å². The molecule has 2 N–H and O–H groups in total. The van der Waals surface area contributed by atoms with Gasteiger partial charge < -0.3 is 5.73 Å². The number of halogens is 3. The first-order chi connectivity index (χ1) is 7.59. The number of benzene rings is 1. The maximum atomic E-state index is 6.26. The van der Waals surface area contributed by atoms with E-state index in [9.17, 15) is 0 Å². The maximum Gasteiger partial charge on any atom is 0.0761 e. The topological polar surface area (TPSA) is 26.0 Å². The summed E-state index contributed by atoms with van der Waals surface area (Å²) in [6.07, 6.45) is 0. The molecule has 84 valence electrons. The van der Waals surface area contributed by atoms with Gasteiger partial charge in [-0.1, -0.05) is 34.1 Å². The van der Waals surface area contributed by atoms with Crippen molar-refractivity contribution in [1.82, 2.24) is 0 Å². The Morgan fingerprint density at radius 3 is 2.31 bits per heavy atom. The van der Waals surface area contributed by atoms with Gasteiger partial charge in [0.1, 0.15) is 0 Å². The Kier molecular flexibility index (Phi) is 4.24. The third-order valence-corrected chi connectivity index (χ3v) is 5.37. The van der Waals surface area contributed by atoms with Gasteiger partial charge in [0.2, 0.25) is 0 Å². The fourth-order valence-electron chi connectivity index (χ4n) is 1.46. The van der Waals surface area contributed by atoms with Crippen LogP contribution in [0.1, 0.15) is 17.2 Å². The minimum atomic E-state index is -0.118. The van der Waals surface area contributed by atoms with Crippen LogP contribution in [-0.2, 0) is 0 Å². The van der Waals surface area contributed by atoms with E-state index in [1.807, 2.05) is 24.3 Å². The van der Waals surface area contributed by atoms with E-state index in [1.54, 1.807) is 11.3 Å². The van der Waals surface area contributed by atoms with Gasteiger partial charge in [-0.25, -0.2) is 0 Å². The summed E-state index contributed by atoms with van der Waals surface area (Å²) in [5.74, 6) is 0. The van der Waals surface area contributed by atoms with E-state index in [2.05, 4.69) is 53.9 Å². The van der Waals surface area contributed by atoms with Crippen LogP contribution < -0.4 is 5.73 Å². The van der Waals surface area contributed by atoms with Gasteiger partial charge in [0.15, 0.2) is 0 Å². The summed E-state index contributed by atoms with van der Waals surface area (Å²) in [7, 11) is 0. The molecule has 16 heavy (non-hydrogen) atoms. The van der Waals surface area contributed by atoms with Crippen molar-refractivity contribution in [2.24, 2.45) is 5.73 Å². The molecule has 1 heterocycles. The van der Waals surface area contributed by atoms with E-state index in [-0.39, 0.29) is 6.04 Å². The lowest BCUT2D eigenvalue weighted by molar-refractivity contribution is 0.866. The Morgan fingerprint density at radius 2 is 1.75 bits per heavy atom. The molecule has 0 saturated heterocycles. The molecule has 0 bridgehead atoms. The normalized spacial score (nSPS) is 12.8. The monoisotopic (exact) mass is 423 g/mol. The lowest BCUT2D eigenvalue weighted by Gasteiger charge is -2.13. The smallest absolute Gasteiger partial charge is 0.0761 e. The van der Waals surface area contributed by atoms with Gasteiger partial charge in [-0.05, 0) is 55.1 Å². The highest BCUT2D eigenvalue weighted by Gasteiger charge is 2.16. The molecule has 0 spiro atoms. The van der Waals surface area contributed by atoms with Crippen molar-refractivity contribution in [3.8, 4) is 0 Å². The fourth-order valence-corrected chi connectivity index (χ4v) is 4.92. The second-order valence-electron chi connectivity index (χ2n) is 3.28. The second-order valence-corrected chi connectivity index (χ2v) is 7.88. The average Bonchev–Trinajstić information content (AvgIpc) is 2.58. The van der Waals surface area contributed by atoms with Crippen LogP contribution >= 0.6 is 59.1 Å². The zero-order valence-corrected chi connectivity index (χ0v) is 13.7. The third-order valence-electron chi connectivity index (χ3n) is 2.26. The molecule has 1 aromatic heterocycles. The van der Waals surface area contributed by atoms with E-state index in [4.69, 9.17) is 5.73 Å². The fraction of sp³-hybridized carbons (Fsp3) is 0.0909. The molecule has 0 radical (unpaired) electrons. The van der Waals surface area contributed by atoms with Gasteiger partial charge in [-0.15, -0.1) is 11.3 Å². The minimum Gasteiger partial charge on any atom is -0.320 e. The zero-order valence-electron chi connectivity index (χ0n) is 8.08. The lowest BCUT2D eigenvalue weighted by atomic mass is 10.0. The van der Waals surface area contributed by atoms with Crippen molar-refractivity contribution >= 4 is 59.1 Å². The van der Waals surface area contributed by atoms with Gasteiger partial charge in [0, 0.05) is 4.47 Å². The van der Waals surface area contributed by atoms with E-state index >= 15 is 0 Å². The van der Waals surface area contributed by atoms with Gasteiger partial charge >= 0.3 is 0 Å². The van der Waals surface area contributed by atoms with Crippen molar-refractivity contribution in [3.63, 3.8) is 0 Å². The first-order valence-electron chi connectivity index (χ1n) is 4.54. The van der Waals surface area contributed by atoms with Crippen LogP contribution in [0, 0.1) is 0 Å². The molecular formula is C11H8Br3NS. The van der Waals surface area contributed by atoms with Crippen LogP contribution in [0.2, 0.25) is 0 Å². The molecule has 1 unspecified atom stereocenters. The first kappa shape index (κ1) is 12.8. The summed E-state index contributed by atoms with van der Waals surface area (Å²) in [6.45, 7) is 0. The van der Waals surface area contributed by atoms with Crippen LogP contribution in [0.25, 0.3) is 0 Å². The molecule has 1 atom stereocenters. The van der Waals surface area contributed by atoms with Crippen LogP contribution in [0.15, 0.2) is 42.4 Å². The molecule has 2 rings (SSSR count). The summed E-state index contributed by atoms with van der Waals surface area (Å²) in [5.41, 5.74) is 8.45. The minimum absolute atomic E-state index is 0.118. The molecule has 0 fully saturated rings. The largest absolute Gasteiger partial charge is 0.320 e. The van der Waals surface area contributed by atoms with Gasteiger partial charge in [0.05, 0.1) is 13.6 Å². The van der Waals surface area contributed by atoms with Gasteiger partial charge in [-0.3, -0.25) is 0 Å². The summed E-state index contributed by atoms with van der Waals surface area (Å²) in [5, 5.41) is 0. The Balaban J connectivity index is 2.43. The Bertz CT molecular complexity index is 510. The van der Waals surface area contributed by atoms with Gasteiger partial charge in [-0.2, -0.15) is 0 Å². The molecule has 1 nitrogen and oxygen atoms in total. The van der Waals surface area contributed by atoms with E-state index < -0.39 is 0 Å². The molecule has 1 aromatic carbocycles. The lowest BCUT2D eigenvalue weighted by Crippen LogP contribution is -2.11. The number of hydrogen-bond acceptors (Lipinski definition) is 2. The van der Waals surface area contributed by atoms with Crippen molar-refractivity contribution < 1.29 is 0 Å². The summed E-state index contributed by atoms with van der Waals surface area (Å²) >= 11 is 12.2. The average molecular weight is 426 g/mol. The Hall–Kier alpha value is 0.320. The number of thiophene rings is 1. The van der Waals surface area contributed by atoms with E-state index in [0.717, 1.165) is 23.2 Å².